The van der Waals surface area contributed by atoms with Gasteiger partial charge in [-0.25, -0.2) is 12.8 Å². The number of esters is 1. The van der Waals surface area contributed by atoms with Gasteiger partial charge in [-0.3, -0.25) is 9.69 Å². The number of nitrogens with zero attached hydrogens (tertiary/aromatic N) is 1. The Morgan fingerprint density at radius 2 is 1.88 bits per heavy atom. The monoisotopic (exact) mass is 253 g/mol. The van der Waals surface area contributed by atoms with E-state index < -0.39 is 28.0 Å². The van der Waals surface area contributed by atoms with Crippen molar-refractivity contribution < 1.29 is 22.3 Å². The molecule has 0 radical (unpaired) electrons. The third-order valence-electron chi connectivity index (χ3n) is 2.65. The van der Waals surface area contributed by atoms with Crippen LogP contribution in [0.3, 0.4) is 0 Å². The second-order valence-corrected chi connectivity index (χ2v) is 6.14. The van der Waals surface area contributed by atoms with Crippen molar-refractivity contribution in [2.24, 2.45) is 0 Å². The molecule has 1 saturated heterocycles. The summed E-state index contributed by atoms with van der Waals surface area (Å²) >= 11 is 0. The number of sulfone groups is 1. The van der Waals surface area contributed by atoms with Crippen LogP contribution in [-0.2, 0) is 19.4 Å². The molecule has 0 bridgehead atoms. The Labute approximate surface area is 94.5 Å². The van der Waals surface area contributed by atoms with E-state index in [4.69, 9.17) is 0 Å². The summed E-state index contributed by atoms with van der Waals surface area (Å²) in [6.45, 7) is 1.62. The van der Waals surface area contributed by atoms with E-state index in [0.717, 1.165) is 0 Å². The fraction of sp³-hybridized carbons (Fsp3) is 0.889. The molecule has 0 N–H and O–H groups in total. The second kappa shape index (κ2) is 5.09. The molecule has 0 spiro atoms. The van der Waals surface area contributed by atoms with Crippen molar-refractivity contribution >= 4 is 15.8 Å². The number of carbonyl (C=O) groups excluding carboxylic acids is 1. The molecule has 16 heavy (non-hydrogen) atoms. The third kappa shape index (κ3) is 3.15. The molecule has 1 aliphatic heterocycles. The molecule has 1 aliphatic rings. The molecule has 94 valence electrons. The van der Waals surface area contributed by atoms with Crippen LogP contribution in [0.4, 0.5) is 4.39 Å². The zero-order valence-electron chi connectivity index (χ0n) is 9.35. The van der Waals surface area contributed by atoms with E-state index in [2.05, 4.69) is 4.74 Å². The van der Waals surface area contributed by atoms with Gasteiger partial charge in [-0.1, -0.05) is 0 Å². The van der Waals surface area contributed by atoms with Gasteiger partial charge in [0, 0.05) is 13.1 Å². The fourth-order valence-corrected chi connectivity index (χ4v) is 2.98. The Balaban J connectivity index is 2.71. The van der Waals surface area contributed by atoms with E-state index >= 15 is 0 Å². The summed E-state index contributed by atoms with van der Waals surface area (Å²) in [5.74, 6) is -0.727. The van der Waals surface area contributed by atoms with Crippen molar-refractivity contribution in [3.05, 3.63) is 0 Å². The second-order valence-electron chi connectivity index (χ2n) is 3.83. The van der Waals surface area contributed by atoms with E-state index in [0.29, 0.717) is 0 Å². The van der Waals surface area contributed by atoms with Crippen LogP contribution in [-0.4, -0.2) is 63.2 Å². The lowest BCUT2D eigenvalue weighted by atomic mass is 10.1. The molecule has 0 aromatic rings. The third-order valence-corrected chi connectivity index (χ3v) is 4.26. The first-order chi connectivity index (χ1) is 7.37. The normalized spacial score (nSPS) is 24.7. The number of hydrogen-bond acceptors (Lipinski definition) is 5. The Bertz CT molecular complexity index is 341. The van der Waals surface area contributed by atoms with Crippen LogP contribution in [0.5, 0.6) is 0 Å². The molecule has 0 aliphatic carbocycles. The maximum Gasteiger partial charge on any atom is 0.326 e. The molecule has 1 heterocycles. The summed E-state index contributed by atoms with van der Waals surface area (Å²) in [5, 5.41) is 0. The van der Waals surface area contributed by atoms with Gasteiger partial charge in [0.1, 0.15) is 12.2 Å². The quantitative estimate of drug-likeness (QED) is 0.641. The molecule has 1 rings (SSSR count). The van der Waals surface area contributed by atoms with Crippen molar-refractivity contribution in [2.45, 2.75) is 19.1 Å². The standard InChI is InChI=1S/C9H16FNO4S/c1-7(10)8(9(12)15-2)11-3-5-16(13,14)6-4-11/h7-8H,3-6H2,1-2H3/t7-,8-/m0/s1. The van der Waals surface area contributed by atoms with Crippen LogP contribution in [0.15, 0.2) is 0 Å². The molecule has 0 amide bonds. The minimum absolute atomic E-state index is 0.0345. The lowest BCUT2D eigenvalue weighted by molar-refractivity contribution is -0.149. The molecule has 7 heteroatoms. The minimum Gasteiger partial charge on any atom is -0.468 e. The van der Waals surface area contributed by atoms with E-state index in [9.17, 15) is 17.6 Å². The first-order valence-electron chi connectivity index (χ1n) is 5.04. The Hall–Kier alpha value is -0.690. The molecule has 1 fully saturated rings. The van der Waals surface area contributed by atoms with E-state index in [1.165, 1.54) is 18.9 Å². The van der Waals surface area contributed by atoms with Gasteiger partial charge in [0.05, 0.1) is 18.6 Å². The summed E-state index contributed by atoms with van der Waals surface area (Å²) in [5.41, 5.74) is 0. The highest BCUT2D eigenvalue weighted by molar-refractivity contribution is 7.91. The van der Waals surface area contributed by atoms with Crippen molar-refractivity contribution in [1.82, 2.24) is 4.90 Å². The average Bonchev–Trinajstić information content (AvgIpc) is 2.20. The molecular formula is C9H16FNO4S. The van der Waals surface area contributed by atoms with Gasteiger partial charge in [0.25, 0.3) is 0 Å². The number of methoxy groups -OCH3 is 1. The number of rotatable bonds is 3. The number of halogens is 1. The van der Waals surface area contributed by atoms with E-state index in [1.54, 1.807) is 0 Å². The molecule has 0 saturated carbocycles. The number of alkyl halides is 1. The fourth-order valence-electron chi connectivity index (χ4n) is 1.75. The minimum atomic E-state index is -3.02. The summed E-state index contributed by atoms with van der Waals surface area (Å²) in [6, 6.07) is -1.000. The van der Waals surface area contributed by atoms with Crippen LogP contribution in [0.2, 0.25) is 0 Å². The van der Waals surface area contributed by atoms with Gasteiger partial charge in [-0.05, 0) is 6.92 Å². The lowest BCUT2D eigenvalue weighted by Crippen LogP contribution is -2.53. The van der Waals surface area contributed by atoms with Gasteiger partial charge < -0.3 is 4.74 Å². The molecule has 0 aromatic heterocycles. The van der Waals surface area contributed by atoms with Crippen LogP contribution in [0, 0.1) is 0 Å². The van der Waals surface area contributed by atoms with Crippen molar-refractivity contribution in [3.8, 4) is 0 Å². The van der Waals surface area contributed by atoms with Crippen LogP contribution in [0.25, 0.3) is 0 Å². The van der Waals surface area contributed by atoms with Crippen molar-refractivity contribution in [2.75, 3.05) is 31.7 Å². The van der Waals surface area contributed by atoms with Crippen molar-refractivity contribution in [3.63, 3.8) is 0 Å². The Kier molecular flexibility index (Phi) is 4.26. The SMILES string of the molecule is COC(=O)[C@H]([C@H](C)F)N1CCS(=O)(=O)CC1. The first kappa shape index (κ1) is 13.4. The van der Waals surface area contributed by atoms with Gasteiger partial charge in [-0.2, -0.15) is 0 Å². The number of hydrogen-bond donors (Lipinski definition) is 0. The van der Waals surface area contributed by atoms with Gasteiger partial charge in [0.2, 0.25) is 0 Å². The highest BCUT2D eigenvalue weighted by Gasteiger charge is 2.35. The zero-order chi connectivity index (χ0) is 12.3. The summed E-state index contributed by atoms with van der Waals surface area (Å²) in [4.78, 5) is 12.9. The molecule has 2 atom stereocenters. The highest BCUT2D eigenvalue weighted by atomic mass is 32.2. The zero-order valence-corrected chi connectivity index (χ0v) is 10.2. The predicted molar refractivity (Wildman–Crippen MR) is 56.6 cm³/mol. The molecule has 0 unspecified atom stereocenters. The van der Waals surface area contributed by atoms with Crippen LogP contribution < -0.4 is 0 Å². The smallest absolute Gasteiger partial charge is 0.326 e. The molecule has 0 aromatic carbocycles. The molecular weight excluding hydrogens is 237 g/mol. The van der Waals surface area contributed by atoms with E-state index in [1.807, 2.05) is 0 Å². The maximum absolute atomic E-state index is 13.3. The molecule has 5 nitrogen and oxygen atoms in total. The summed E-state index contributed by atoms with van der Waals surface area (Å²) in [6.07, 6.45) is -1.38. The summed E-state index contributed by atoms with van der Waals surface area (Å²) < 4.78 is 40.2. The topological polar surface area (TPSA) is 63.7 Å². The Morgan fingerprint density at radius 1 is 1.38 bits per heavy atom. The maximum atomic E-state index is 13.3. The highest BCUT2D eigenvalue weighted by Crippen LogP contribution is 2.14. The number of carbonyl (C=O) groups is 1. The van der Waals surface area contributed by atoms with Crippen LogP contribution in [0.1, 0.15) is 6.92 Å². The van der Waals surface area contributed by atoms with Gasteiger partial charge in [0.15, 0.2) is 9.84 Å². The summed E-state index contributed by atoms with van der Waals surface area (Å²) in [7, 11) is -1.83. The predicted octanol–water partition coefficient (Wildman–Crippen LogP) is -0.384. The average molecular weight is 253 g/mol. The number of ether oxygens (including phenoxy) is 1. The first-order valence-corrected chi connectivity index (χ1v) is 6.86. The van der Waals surface area contributed by atoms with E-state index in [-0.39, 0.29) is 24.6 Å². The van der Waals surface area contributed by atoms with Crippen LogP contribution >= 0.6 is 0 Å². The van der Waals surface area contributed by atoms with Crippen molar-refractivity contribution in [1.29, 1.82) is 0 Å². The largest absolute Gasteiger partial charge is 0.468 e. The van der Waals surface area contributed by atoms with Gasteiger partial charge >= 0.3 is 5.97 Å². The van der Waals surface area contributed by atoms with Gasteiger partial charge in [-0.15, -0.1) is 0 Å². The lowest BCUT2D eigenvalue weighted by Gasteiger charge is -2.33. The Morgan fingerprint density at radius 3 is 2.25 bits per heavy atom.